The molecule has 0 aliphatic carbocycles. The Labute approximate surface area is 99.5 Å². The fourth-order valence-corrected chi connectivity index (χ4v) is 1.46. The molecule has 2 N–H and O–H groups in total. The van der Waals surface area contributed by atoms with Crippen molar-refractivity contribution in [3.8, 4) is 0 Å². The topological polar surface area (TPSA) is 62.2 Å². The molecule has 0 saturated carbocycles. The average molecular weight is 240 g/mol. The van der Waals surface area contributed by atoms with Gasteiger partial charge in [-0.15, -0.1) is 0 Å². The molecule has 0 saturated heterocycles. The molecule has 0 spiro atoms. The van der Waals surface area contributed by atoms with Gasteiger partial charge in [-0.3, -0.25) is 4.98 Å². The molecule has 0 radical (unpaired) electrons. The van der Waals surface area contributed by atoms with E-state index in [1.54, 1.807) is 17.8 Å². The molecule has 0 aromatic carbocycles. The van der Waals surface area contributed by atoms with E-state index in [0.29, 0.717) is 10.9 Å². The predicted molar refractivity (Wildman–Crippen MR) is 67.4 cm³/mol. The summed E-state index contributed by atoms with van der Waals surface area (Å²) in [6, 6.07) is 1.76. The summed E-state index contributed by atoms with van der Waals surface area (Å²) >= 11 is 1.74. The Morgan fingerprint density at radius 1 is 1.69 bits per heavy atom. The van der Waals surface area contributed by atoms with Gasteiger partial charge in [-0.05, 0) is 19.2 Å². The van der Waals surface area contributed by atoms with E-state index in [1.807, 2.05) is 13.2 Å². The van der Waals surface area contributed by atoms with Gasteiger partial charge in [0.05, 0.1) is 5.69 Å². The van der Waals surface area contributed by atoms with Crippen molar-refractivity contribution in [2.75, 3.05) is 18.1 Å². The van der Waals surface area contributed by atoms with Crippen LogP contribution in [-0.4, -0.2) is 34.1 Å². The van der Waals surface area contributed by atoms with Crippen LogP contribution in [-0.2, 0) is 0 Å². The van der Waals surface area contributed by atoms with Crippen molar-refractivity contribution in [3.05, 3.63) is 23.5 Å². The van der Waals surface area contributed by atoms with Crippen LogP contribution in [0.3, 0.4) is 0 Å². The molecule has 0 amide bonds. The summed E-state index contributed by atoms with van der Waals surface area (Å²) in [5, 5.41) is 12.6. The number of hydrogen-bond donors (Lipinski definition) is 2. The first-order valence-electron chi connectivity index (χ1n) is 5.01. The second-order valence-electron chi connectivity index (χ2n) is 3.60. The summed E-state index contributed by atoms with van der Waals surface area (Å²) in [4.78, 5) is 14.9. The van der Waals surface area contributed by atoms with Gasteiger partial charge >= 0.3 is 5.97 Å². The summed E-state index contributed by atoms with van der Waals surface area (Å²) in [5.41, 5.74) is 1.67. The monoisotopic (exact) mass is 240 g/mol. The molecule has 1 rings (SSSR count). The Bertz CT molecular complexity index is 382. The first-order chi connectivity index (χ1) is 7.54. The minimum Gasteiger partial charge on any atom is -0.478 e. The number of anilines is 1. The van der Waals surface area contributed by atoms with Gasteiger partial charge in [-0.25, -0.2) is 4.79 Å². The van der Waals surface area contributed by atoms with Gasteiger partial charge in [-0.2, -0.15) is 11.8 Å². The number of thioether (sulfide) groups is 1. The normalized spacial score (nSPS) is 12.2. The number of aryl methyl sites for hydroxylation is 1. The summed E-state index contributed by atoms with van der Waals surface area (Å²) in [7, 11) is 0. The molecule has 1 aromatic rings. The van der Waals surface area contributed by atoms with E-state index in [4.69, 9.17) is 5.11 Å². The molecule has 1 aromatic heterocycles. The second-order valence-corrected chi connectivity index (χ2v) is 4.88. The van der Waals surface area contributed by atoms with E-state index in [-0.39, 0.29) is 5.56 Å². The molecule has 88 valence electrons. The van der Waals surface area contributed by atoms with Crippen LogP contribution in [0.2, 0.25) is 0 Å². The van der Waals surface area contributed by atoms with Gasteiger partial charge in [-0.1, -0.05) is 6.92 Å². The molecule has 0 aliphatic rings. The standard InChI is InChI=1S/C11H16N2O2S/c1-7-4-10(13-5-8(2)16-3)9(6-12-7)11(14)15/h4,6,8H,5H2,1-3H3,(H,12,13)(H,14,15). The van der Waals surface area contributed by atoms with Gasteiger partial charge in [0.15, 0.2) is 0 Å². The molecule has 1 heterocycles. The molecule has 0 fully saturated rings. The van der Waals surface area contributed by atoms with E-state index in [1.165, 1.54) is 6.20 Å². The highest BCUT2D eigenvalue weighted by atomic mass is 32.2. The van der Waals surface area contributed by atoms with E-state index in [2.05, 4.69) is 17.2 Å². The van der Waals surface area contributed by atoms with Crippen molar-refractivity contribution in [2.24, 2.45) is 0 Å². The Morgan fingerprint density at radius 3 is 2.94 bits per heavy atom. The number of pyridine rings is 1. The van der Waals surface area contributed by atoms with Crippen LogP contribution in [0, 0.1) is 6.92 Å². The van der Waals surface area contributed by atoms with Crippen molar-refractivity contribution >= 4 is 23.4 Å². The zero-order chi connectivity index (χ0) is 12.1. The van der Waals surface area contributed by atoms with Crippen molar-refractivity contribution in [3.63, 3.8) is 0 Å². The van der Waals surface area contributed by atoms with Crippen molar-refractivity contribution in [2.45, 2.75) is 19.1 Å². The zero-order valence-corrected chi connectivity index (χ0v) is 10.5. The first kappa shape index (κ1) is 12.8. The highest BCUT2D eigenvalue weighted by Gasteiger charge is 2.11. The van der Waals surface area contributed by atoms with Crippen LogP contribution in [0.4, 0.5) is 5.69 Å². The molecule has 1 unspecified atom stereocenters. The van der Waals surface area contributed by atoms with Crippen LogP contribution < -0.4 is 5.32 Å². The minimum atomic E-state index is -0.952. The lowest BCUT2D eigenvalue weighted by Gasteiger charge is -2.13. The zero-order valence-electron chi connectivity index (χ0n) is 9.65. The SMILES string of the molecule is CSC(C)CNc1cc(C)ncc1C(=O)O. The number of nitrogens with zero attached hydrogens (tertiary/aromatic N) is 1. The lowest BCUT2D eigenvalue weighted by atomic mass is 10.2. The number of carboxylic acid groups (broad SMARTS) is 1. The quantitative estimate of drug-likeness (QED) is 0.826. The summed E-state index contributed by atoms with van der Waals surface area (Å²) in [6.07, 6.45) is 3.42. The van der Waals surface area contributed by atoms with Crippen LogP contribution in [0.1, 0.15) is 23.0 Å². The average Bonchev–Trinajstić information content (AvgIpc) is 2.25. The smallest absolute Gasteiger partial charge is 0.339 e. The summed E-state index contributed by atoms with van der Waals surface area (Å²) in [5.74, 6) is -0.952. The molecule has 16 heavy (non-hydrogen) atoms. The molecule has 0 bridgehead atoms. The van der Waals surface area contributed by atoms with E-state index in [9.17, 15) is 4.79 Å². The molecular weight excluding hydrogens is 224 g/mol. The third-order valence-electron chi connectivity index (χ3n) is 2.25. The molecule has 1 atom stereocenters. The first-order valence-corrected chi connectivity index (χ1v) is 6.30. The van der Waals surface area contributed by atoms with E-state index < -0.39 is 5.97 Å². The molecule has 0 aliphatic heterocycles. The van der Waals surface area contributed by atoms with Gasteiger partial charge in [0, 0.05) is 23.7 Å². The van der Waals surface area contributed by atoms with Crippen LogP contribution in [0.25, 0.3) is 0 Å². The van der Waals surface area contributed by atoms with Gasteiger partial charge in [0.2, 0.25) is 0 Å². The highest BCUT2D eigenvalue weighted by Crippen LogP contribution is 2.16. The number of aromatic nitrogens is 1. The van der Waals surface area contributed by atoms with Gasteiger partial charge in [0.25, 0.3) is 0 Å². The summed E-state index contributed by atoms with van der Waals surface area (Å²) in [6.45, 7) is 4.67. The second kappa shape index (κ2) is 5.75. The minimum absolute atomic E-state index is 0.221. The van der Waals surface area contributed by atoms with Crippen molar-refractivity contribution in [1.82, 2.24) is 4.98 Å². The van der Waals surface area contributed by atoms with Crippen LogP contribution >= 0.6 is 11.8 Å². The third kappa shape index (κ3) is 3.41. The Kier molecular flexibility index (Phi) is 4.61. The third-order valence-corrected chi connectivity index (χ3v) is 3.22. The fraction of sp³-hybridized carbons (Fsp3) is 0.455. The largest absolute Gasteiger partial charge is 0.478 e. The fourth-order valence-electron chi connectivity index (χ4n) is 1.21. The van der Waals surface area contributed by atoms with Gasteiger partial charge in [0.1, 0.15) is 5.56 Å². The Balaban J connectivity index is 2.84. The number of nitrogens with one attached hydrogen (secondary N) is 1. The maximum absolute atomic E-state index is 11.0. The van der Waals surface area contributed by atoms with Crippen LogP contribution in [0.15, 0.2) is 12.3 Å². The highest BCUT2D eigenvalue weighted by molar-refractivity contribution is 7.99. The van der Waals surface area contributed by atoms with Crippen molar-refractivity contribution in [1.29, 1.82) is 0 Å². The lowest BCUT2D eigenvalue weighted by molar-refractivity contribution is 0.0697. The summed E-state index contributed by atoms with van der Waals surface area (Å²) < 4.78 is 0. The van der Waals surface area contributed by atoms with Crippen molar-refractivity contribution < 1.29 is 9.90 Å². The molecule has 5 heteroatoms. The van der Waals surface area contributed by atoms with Crippen LogP contribution in [0.5, 0.6) is 0 Å². The number of carbonyl (C=O) groups is 1. The maximum atomic E-state index is 11.0. The number of aromatic carboxylic acids is 1. The lowest BCUT2D eigenvalue weighted by Crippen LogP contribution is -2.15. The predicted octanol–water partition coefficient (Wildman–Crippen LogP) is 2.25. The Hall–Kier alpha value is -1.23. The maximum Gasteiger partial charge on any atom is 0.339 e. The Morgan fingerprint density at radius 2 is 2.38 bits per heavy atom. The molecule has 4 nitrogen and oxygen atoms in total. The van der Waals surface area contributed by atoms with E-state index in [0.717, 1.165) is 12.2 Å². The number of carboxylic acids is 1. The number of rotatable bonds is 5. The number of hydrogen-bond acceptors (Lipinski definition) is 4. The molecular formula is C11H16N2O2S. The van der Waals surface area contributed by atoms with Gasteiger partial charge < -0.3 is 10.4 Å². The van der Waals surface area contributed by atoms with E-state index >= 15 is 0 Å².